The Balaban J connectivity index is 1.45. The first kappa shape index (κ1) is 18.2. The van der Waals surface area contributed by atoms with E-state index >= 15 is 0 Å². The van der Waals surface area contributed by atoms with Gasteiger partial charge in [-0.2, -0.15) is 0 Å². The van der Waals surface area contributed by atoms with E-state index in [0.717, 1.165) is 51.8 Å². The van der Waals surface area contributed by atoms with Gasteiger partial charge in [0.1, 0.15) is 36.9 Å². The van der Waals surface area contributed by atoms with Gasteiger partial charge in [0.05, 0.1) is 13.2 Å². The molecule has 0 saturated carbocycles. The van der Waals surface area contributed by atoms with E-state index in [-0.39, 0.29) is 12.2 Å². The van der Waals surface area contributed by atoms with Gasteiger partial charge in [0.25, 0.3) is 0 Å². The van der Waals surface area contributed by atoms with Crippen LogP contribution in [0.4, 0.5) is 0 Å². The molecule has 0 radical (unpaired) electrons. The van der Waals surface area contributed by atoms with E-state index < -0.39 is 7.14 Å². The van der Waals surface area contributed by atoms with Crippen molar-refractivity contribution in [1.29, 1.82) is 0 Å². The monoisotopic (exact) mass is 420 g/mol. The Morgan fingerprint density at radius 2 is 1.27 bits per heavy atom. The second-order valence-electron chi connectivity index (χ2n) is 7.84. The molecule has 0 aromatic heterocycles. The summed E-state index contributed by atoms with van der Waals surface area (Å²) in [5, 5.41) is 2.46. The number of fused-ring (bicyclic) bond motifs is 3. The Hall–Kier alpha value is -2.59. The first-order chi connectivity index (χ1) is 14.7. The third kappa shape index (κ3) is 3.14. The molecule has 30 heavy (non-hydrogen) atoms. The first-order valence-corrected chi connectivity index (χ1v) is 11.9. The number of ether oxygens (including phenoxy) is 4. The molecule has 6 heteroatoms. The molecule has 0 N–H and O–H groups in total. The minimum Gasteiger partial charge on any atom is -0.491 e. The van der Waals surface area contributed by atoms with Gasteiger partial charge in [0, 0.05) is 15.9 Å². The SMILES string of the molecule is O=P1(c2ccccc2)c2cc(OCC3CO3)ccc2-c2ccc(OCC3CO3)cc21. The molecule has 3 aromatic rings. The zero-order valence-electron chi connectivity index (χ0n) is 16.3. The summed E-state index contributed by atoms with van der Waals surface area (Å²) >= 11 is 0. The van der Waals surface area contributed by atoms with Crippen LogP contribution in [-0.2, 0) is 14.0 Å². The normalized spacial score (nSPS) is 25.3. The predicted octanol–water partition coefficient (Wildman–Crippen LogP) is 2.86. The fourth-order valence-corrected chi connectivity index (χ4v) is 7.03. The van der Waals surface area contributed by atoms with Gasteiger partial charge in [-0.3, -0.25) is 0 Å². The maximum atomic E-state index is 14.7. The van der Waals surface area contributed by atoms with Crippen LogP contribution in [-0.4, -0.2) is 38.6 Å². The highest BCUT2D eigenvalue weighted by Gasteiger charge is 2.41. The maximum absolute atomic E-state index is 14.7. The summed E-state index contributed by atoms with van der Waals surface area (Å²) in [4.78, 5) is 0. The van der Waals surface area contributed by atoms with Gasteiger partial charge in [-0.15, -0.1) is 0 Å². The average molecular weight is 420 g/mol. The highest BCUT2D eigenvalue weighted by atomic mass is 31.2. The molecule has 3 aliphatic heterocycles. The number of hydrogen-bond acceptors (Lipinski definition) is 5. The van der Waals surface area contributed by atoms with Crippen molar-refractivity contribution in [3.63, 3.8) is 0 Å². The lowest BCUT2D eigenvalue weighted by atomic mass is 10.1. The zero-order chi connectivity index (χ0) is 20.1. The summed E-state index contributed by atoms with van der Waals surface area (Å²) in [5.74, 6) is 1.44. The lowest BCUT2D eigenvalue weighted by Crippen LogP contribution is -2.21. The molecule has 0 bridgehead atoms. The van der Waals surface area contributed by atoms with Gasteiger partial charge in [0.15, 0.2) is 7.14 Å². The molecule has 152 valence electrons. The average Bonchev–Trinajstić information content (AvgIpc) is 3.71. The number of epoxide rings is 2. The van der Waals surface area contributed by atoms with Crippen LogP contribution in [0, 0.1) is 0 Å². The van der Waals surface area contributed by atoms with Crippen molar-refractivity contribution in [3.05, 3.63) is 66.7 Å². The largest absolute Gasteiger partial charge is 0.491 e. The van der Waals surface area contributed by atoms with E-state index in [4.69, 9.17) is 18.9 Å². The summed E-state index contributed by atoms with van der Waals surface area (Å²) in [6.45, 7) is 2.52. The standard InChI is InChI=1S/C24H21O5P/c25-30(20-4-2-1-3-5-20)23-10-16(26-12-18-14-28-18)6-8-21(23)22-9-7-17(11-24(22)30)27-13-19-15-29-19/h1-11,18-19H,12-15H2. The molecule has 0 amide bonds. The number of rotatable bonds is 7. The quantitative estimate of drug-likeness (QED) is 0.340. The van der Waals surface area contributed by atoms with Crippen LogP contribution in [0.25, 0.3) is 11.1 Å². The summed E-state index contributed by atoms with van der Waals surface area (Å²) in [6, 6.07) is 21.5. The van der Waals surface area contributed by atoms with Gasteiger partial charge in [0.2, 0.25) is 0 Å². The van der Waals surface area contributed by atoms with Crippen molar-refractivity contribution in [1.82, 2.24) is 0 Å². The van der Waals surface area contributed by atoms with Crippen molar-refractivity contribution >= 4 is 23.1 Å². The topological polar surface area (TPSA) is 60.6 Å². The van der Waals surface area contributed by atoms with E-state index in [1.54, 1.807) is 0 Å². The predicted molar refractivity (Wildman–Crippen MR) is 115 cm³/mol. The maximum Gasteiger partial charge on any atom is 0.172 e. The molecule has 2 unspecified atom stereocenters. The fourth-order valence-electron chi connectivity index (χ4n) is 3.93. The first-order valence-electron chi connectivity index (χ1n) is 10.2. The lowest BCUT2D eigenvalue weighted by Gasteiger charge is -2.17. The molecule has 0 spiro atoms. The Morgan fingerprint density at radius 1 is 0.767 bits per heavy atom. The number of hydrogen-bond donors (Lipinski definition) is 0. The minimum absolute atomic E-state index is 0.173. The molecule has 3 heterocycles. The summed E-state index contributed by atoms with van der Waals surface area (Å²) < 4.78 is 37.0. The molecular weight excluding hydrogens is 399 g/mol. The van der Waals surface area contributed by atoms with E-state index in [0.29, 0.717) is 13.2 Å². The molecular formula is C24H21O5P. The Kier molecular flexibility index (Phi) is 4.24. The van der Waals surface area contributed by atoms with Gasteiger partial charge < -0.3 is 23.5 Å². The zero-order valence-corrected chi connectivity index (χ0v) is 17.2. The van der Waals surface area contributed by atoms with Crippen LogP contribution < -0.4 is 25.4 Å². The summed E-state index contributed by atoms with van der Waals surface area (Å²) in [7, 11) is -3.04. The van der Waals surface area contributed by atoms with Crippen LogP contribution in [0.1, 0.15) is 0 Å². The van der Waals surface area contributed by atoms with E-state index in [2.05, 4.69) is 0 Å². The highest BCUT2D eigenvalue weighted by molar-refractivity contribution is 7.86. The van der Waals surface area contributed by atoms with Gasteiger partial charge in [-0.1, -0.05) is 30.3 Å². The second-order valence-corrected chi connectivity index (χ2v) is 10.5. The smallest absolute Gasteiger partial charge is 0.172 e. The van der Waals surface area contributed by atoms with Crippen molar-refractivity contribution in [2.45, 2.75) is 12.2 Å². The van der Waals surface area contributed by atoms with Crippen molar-refractivity contribution in [2.24, 2.45) is 0 Å². The van der Waals surface area contributed by atoms with E-state index in [9.17, 15) is 4.57 Å². The molecule has 0 aliphatic carbocycles. The Morgan fingerprint density at radius 3 is 1.73 bits per heavy atom. The van der Waals surface area contributed by atoms with E-state index in [1.165, 1.54) is 0 Å². The van der Waals surface area contributed by atoms with Crippen LogP contribution in [0.2, 0.25) is 0 Å². The van der Waals surface area contributed by atoms with Crippen LogP contribution in [0.3, 0.4) is 0 Å². The van der Waals surface area contributed by atoms with Gasteiger partial charge in [-0.05, 0) is 47.5 Å². The second kappa shape index (κ2) is 6.98. The van der Waals surface area contributed by atoms with Crippen molar-refractivity contribution < 1.29 is 23.5 Å². The Labute approximate surface area is 174 Å². The third-order valence-electron chi connectivity index (χ3n) is 5.70. The fraction of sp³-hybridized carbons (Fsp3) is 0.250. The number of benzene rings is 3. The van der Waals surface area contributed by atoms with Gasteiger partial charge >= 0.3 is 0 Å². The van der Waals surface area contributed by atoms with Crippen molar-refractivity contribution in [3.8, 4) is 22.6 Å². The summed E-state index contributed by atoms with van der Waals surface area (Å²) in [5.41, 5.74) is 1.98. The minimum atomic E-state index is -3.04. The molecule has 2 fully saturated rings. The highest BCUT2D eigenvalue weighted by Crippen LogP contribution is 2.53. The Bertz CT molecular complexity index is 1080. The molecule has 3 aliphatic rings. The molecule has 5 nitrogen and oxygen atoms in total. The van der Waals surface area contributed by atoms with Gasteiger partial charge in [-0.25, -0.2) is 0 Å². The molecule has 6 rings (SSSR count). The lowest BCUT2D eigenvalue weighted by molar-refractivity contribution is 0.263. The molecule has 3 aromatic carbocycles. The third-order valence-corrected chi connectivity index (χ3v) is 8.83. The van der Waals surface area contributed by atoms with Crippen LogP contribution in [0.5, 0.6) is 11.5 Å². The van der Waals surface area contributed by atoms with E-state index in [1.807, 2.05) is 66.7 Å². The van der Waals surface area contributed by atoms with Crippen LogP contribution >= 0.6 is 7.14 Å². The summed E-state index contributed by atoms with van der Waals surface area (Å²) in [6.07, 6.45) is 0.345. The van der Waals surface area contributed by atoms with Crippen LogP contribution in [0.15, 0.2) is 66.7 Å². The molecule has 2 atom stereocenters. The van der Waals surface area contributed by atoms with Crippen molar-refractivity contribution in [2.75, 3.05) is 26.4 Å². The molecule has 2 saturated heterocycles.